The van der Waals surface area contributed by atoms with Gasteiger partial charge in [0, 0.05) is 37.1 Å². The highest BCUT2D eigenvalue weighted by molar-refractivity contribution is 5.94. The van der Waals surface area contributed by atoms with Crippen LogP contribution >= 0.6 is 0 Å². The summed E-state index contributed by atoms with van der Waals surface area (Å²) in [6.07, 6.45) is 3.11. The number of amides is 1. The van der Waals surface area contributed by atoms with Gasteiger partial charge in [-0.25, -0.2) is 4.98 Å². The zero-order chi connectivity index (χ0) is 24.1. The first-order valence-electron chi connectivity index (χ1n) is 11.3. The Labute approximate surface area is 198 Å². The number of nitrogens with zero attached hydrogens (tertiary/aromatic N) is 2. The summed E-state index contributed by atoms with van der Waals surface area (Å²) < 4.78 is 16.6. The van der Waals surface area contributed by atoms with E-state index in [2.05, 4.69) is 4.98 Å². The smallest absolute Gasteiger partial charge is 0.303 e. The van der Waals surface area contributed by atoms with Crippen LogP contribution in [0.2, 0.25) is 0 Å². The molecule has 0 bridgehead atoms. The van der Waals surface area contributed by atoms with Gasteiger partial charge in [-0.2, -0.15) is 0 Å². The van der Waals surface area contributed by atoms with E-state index < -0.39 is 5.97 Å². The van der Waals surface area contributed by atoms with Crippen molar-refractivity contribution in [1.29, 1.82) is 0 Å². The zero-order valence-electron chi connectivity index (χ0n) is 19.4. The number of hydrogen-bond acceptors (Lipinski definition) is 6. The topological polar surface area (TPSA) is 102 Å². The number of aromatic nitrogens is 1. The number of aliphatic carboxylic acids is 1. The van der Waals surface area contributed by atoms with Crippen LogP contribution in [-0.2, 0) is 30.6 Å². The maximum Gasteiger partial charge on any atom is 0.303 e. The van der Waals surface area contributed by atoms with Crippen LogP contribution in [-0.4, -0.2) is 47.1 Å². The fourth-order valence-electron chi connectivity index (χ4n) is 4.26. The average Bonchev–Trinajstić information content (AvgIpc) is 3.26. The molecule has 0 spiro atoms. The van der Waals surface area contributed by atoms with Crippen molar-refractivity contribution in [3.05, 3.63) is 76.5 Å². The largest absolute Gasteiger partial charge is 0.497 e. The van der Waals surface area contributed by atoms with Crippen molar-refractivity contribution in [1.82, 2.24) is 9.88 Å². The van der Waals surface area contributed by atoms with Crippen molar-refractivity contribution >= 4 is 11.9 Å². The Morgan fingerprint density at radius 1 is 1.18 bits per heavy atom. The number of benzene rings is 2. The summed E-state index contributed by atoms with van der Waals surface area (Å²) >= 11 is 0. The van der Waals surface area contributed by atoms with Gasteiger partial charge in [0.1, 0.15) is 17.3 Å². The number of ether oxygens (including phenoxy) is 2. The van der Waals surface area contributed by atoms with E-state index in [9.17, 15) is 14.7 Å². The Balaban J connectivity index is 1.55. The first-order valence-corrected chi connectivity index (χ1v) is 11.3. The Morgan fingerprint density at radius 3 is 2.76 bits per heavy atom. The number of carbonyl (C=O) groups is 2. The van der Waals surface area contributed by atoms with E-state index in [4.69, 9.17) is 13.9 Å². The molecule has 0 atom stereocenters. The standard InChI is InChI=1S/C26H28N2O6/c1-17-23(27-16-34-17)11-13-33-24-8-6-18(7-9-25(29)30)22-15-28(12-10-21(22)24)26(31)19-4-3-5-20(14-19)32-2/h3-6,8,14,16H,7,9-13,15H2,1-2H3,(H,29,30). The molecule has 2 heterocycles. The van der Waals surface area contributed by atoms with E-state index in [-0.39, 0.29) is 12.3 Å². The normalized spacial score (nSPS) is 12.8. The summed E-state index contributed by atoms with van der Waals surface area (Å²) in [6, 6.07) is 10.9. The van der Waals surface area contributed by atoms with E-state index in [1.165, 1.54) is 6.39 Å². The summed E-state index contributed by atoms with van der Waals surface area (Å²) in [5.41, 5.74) is 4.36. The van der Waals surface area contributed by atoms with Crippen LogP contribution in [0.3, 0.4) is 0 Å². The third-order valence-electron chi connectivity index (χ3n) is 6.12. The lowest BCUT2D eigenvalue weighted by molar-refractivity contribution is -0.136. The molecule has 0 fully saturated rings. The summed E-state index contributed by atoms with van der Waals surface area (Å²) in [4.78, 5) is 30.4. The minimum Gasteiger partial charge on any atom is -0.497 e. The molecule has 2 aromatic carbocycles. The van der Waals surface area contributed by atoms with Crippen LogP contribution in [0.15, 0.2) is 47.2 Å². The summed E-state index contributed by atoms with van der Waals surface area (Å²) in [7, 11) is 1.57. The highest BCUT2D eigenvalue weighted by Gasteiger charge is 2.26. The van der Waals surface area contributed by atoms with Crippen LogP contribution in [0, 0.1) is 6.92 Å². The van der Waals surface area contributed by atoms with Crippen molar-refractivity contribution in [2.45, 2.75) is 39.2 Å². The van der Waals surface area contributed by atoms with Gasteiger partial charge in [-0.15, -0.1) is 0 Å². The third kappa shape index (κ3) is 5.22. The number of fused-ring (bicyclic) bond motifs is 1. The lowest BCUT2D eigenvalue weighted by Gasteiger charge is -2.32. The van der Waals surface area contributed by atoms with E-state index in [1.807, 2.05) is 19.1 Å². The van der Waals surface area contributed by atoms with Crippen LogP contribution < -0.4 is 9.47 Å². The second-order valence-corrected chi connectivity index (χ2v) is 8.24. The predicted octanol–water partition coefficient (Wildman–Crippen LogP) is 3.83. The van der Waals surface area contributed by atoms with Crippen molar-refractivity contribution in [2.24, 2.45) is 0 Å². The molecular formula is C26H28N2O6. The summed E-state index contributed by atoms with van der Waals surface area (Å²) in [6.45, 7) is 3.26. The van der Waals surface area contributed by atoms with Gasteiger partial charge >= 0.3 is 5.97 Å². The van der Waals surface area contributed by atoms with Crippen LogP contribution in [0.4, 0.5) is 0 Å². The Morgan fingerprint density at radius 2 is 2.03 bits per heavy atom. The molecule has 1 amide bonds. The lowest BCUT2D eigenvalue weighted by Crippen LogP contribution is -2.36. The molecule has 0 aliphatic carbocycles. The quantitative estimate of drug-likeness (QED) is 0.513. The number of hydrogen-bond donors (Lipinski definition) is 1. The lowest BCUT2D eigenvalue weighted by atomic mass is 9.91. The molecule has 1 N–H and O–H groups in total. The molecule has 0 saturated heterocycles. The molecule has 178 valence electrons. The van der Waals surface area contributed by atoms with Crippen molar-refractivity contribution in [3.63, 3.8) is 0 Å². The molecular weight excluding hydrogens is 436 g/mol. The number of aryl methyl sites for hydroxylation is 2. The molecule has 1 aromatic heterocycles. The minimum absolute atomic E-state index is 0.0297. The van der Waals surface area contributed by atoms with Gasteiger partial charge in [0.05, 0.1) is 19.4 Å². The van der Waals surface area contributed by atoms with Crippen LogP contribution in [0.1, 0.15) is 44.9 Å². The van der Waals surface area contributed by atoms with Crippen molar-refractivity contribution in [2.75, 3.05) is 20.3 Å². The van der Waals surface area contributed by atoms with Gasteiger partial charge in [0.25, 0.3) is 5.91 Å². The van der Waals surface area contributed by atoms with Gasteiger partial charge in [-0.05, 0) is 55.2 Å². The van der Waals surface area contributed by atoms with E-state index in [1.54, 1.807) is 36.3 Å². The van der Waals surface area contributed by atoms with Gasteiger partial charge in [-0.1, -0.05) is 12.1 Å². The fraction of sp³-hybridized carbons (Fsp3) is 0.346. The second-order valence-electron chi connectivity index (χ2n) is 8.24. The van der Waals surface area contributed by atoms with Crippen molar-refractivity contribution in [3.8, 4) is 11.5 Å². The molecule has 8 nitrogen and oxygen atoms in total. The Hall–Kier alpha value is -3.81. The van der Waals surface area contributed by atoms with E-state index >= 15 is 0 Å². The maximum atomic E-state index is 13.2. The van der Waals surface area contributed by atoms with Crippen molar-refractivity contribution < 1.29 is 28.6 Å². The number of rotatable bonds is 9. The SMILES string of the molecule is COc1cccc(C(=O)N2CCc3c(OCCc4ncoc4C)ccc(CCC(=O)O)c3C2)c1. The molecule has 8 heteroatoms. The highest BCUT2D eigenvalue weighted by atomic mass is 16.5. The van der Waals surface area contributed by atoms with Gasteiger partial charge in [-0.3, -0.25) is 9.59 Å². The molecule has 1 aliphatic rings. The third-order valence-corrected chi connectivity index (χ3v) is 6.12. The van der Waals surface area contributed by atoms with Gasteiger partial charge in [0.15, 0.2) is 6.39 Å². The molecule has 0 radical (unpaired) electrons. The number of methoxy groups -OCH3 is 1. The molecule has 1 aliphatic heterocycles. The molecule has 4 rings (SSSR count). The monoisotopic (exact) mass is 464 g/mol. The first kappa shape index (κ1) is 23.4. The molecule has 0 unspecified atom stereocenters. The minimum atomic E-state index is -0.850. The van der Waals surface area contributed by atoms with E-state index in [0.29, 0.717) is 50.3 Å². The zero-order valence-corrected chi connectivity index (χ0v) is 19.4. The molecule has 3 aromatic rings. The first-order chi connectivity index (χ1) is 16.5. The maximum absolute atomic E-state index is 13.2. The van der Waals surface area contributed by atoms with Crippen LogP contribution in [0.5, 0.6) is 11.5 Å². The second kappa shape index (κ2) is 10.4. The average molecular weight is 465 g/mol. The molecule has 34 heavy (non-hydrogen) atoms. The number of carboxylic acids is 1. The van der Waals surface area contributed by atoms with Crippen LogP contribution in [0.25, 0.3) is 0 Å². The Kier molecular flexibility index (Phi) is 7.15. The van der Waals surface area contributed by atoms with Gasteiger partial charge < -0.3 is 23.9 Å². The van der Waals surface area contributed by atoms with E-state index in [0.717, 1.165) is 33.9 Å². The fourth-order valence-corrected chi connectivity index (χ4v) is 4.26. The number of oxazole rings is 1. The Bertz CT molecular complexity index is 1190. The summed E-state index contributed by atoms with van der Waals surface area (Å²) in [5, 5.41) is 9.19. The summed E-state index contributed by atoms with van der Waals surface area (Å²) in [5.74, 6) is 1.24. The van der Waals surface area contributed by atoms with Gasteiger partial charge in [0.2, 0.25) is 0 Å². The molecule has 0 saturated carbocycles. The number of carbonyl (C=O) groups excluding carboxylic acids is 1. The number of carboxylic acid groups (broad SMARTS) is 1. The highest BCUT2D eigenvalue weighted by Crippen LogP contribution is 2.32. The predicted molar refractivity (Wildman–Crippen MR) is 124 cm³/mol.